The van der Waals surface area contributed by atoms with Crippen molar-refractivity contribution in [1.29, 1.82) is 0 Å². The Morgan fingerprint density at radius 2 is 2.03 bits per heavy atom. The molecule has 4 N–H and O–H groups in total. The van der Waals surface area contributed by atoms with Crippen LogP contribution in [0.15, 0.2) is 30.6 Å². The fourth-order valence-corrected chi connectivity index (χ4v) is 4.47. The molecule has 8 nitrogen and oxygen atoms in total. The fourth-order valence-electron chi connectivity index (χ4n) is 4.23. The number of rotatable bonds is 3. The molecule has 4 heterocycles. The van der Waals surface area contributed by atoms with Gasteiger partial charge in [0, 0.05) is 66.5 Å². The van der Waals surface area contributed by atoms with Crippen LogP contribution in [-0.2, 0) is 11.2 Å². The first-order chi connectivity index (χ1) is 14.5. The molecule has 1 atom stereocenters. The smallest absolute Gasteiger partial charge is 0.264 e. The third-order valence-corrected chi connectivity index (χ3v) is 5.85. The van der Waals surface area contributed by atoms with E-state index < -0.39 is 12.0 Å². The maximum absolute atomic E-state index is 13.0. The number of ether oxygens (including phenoxy) is 1. The van der Waals surface area contributed by atoms with Crippen LogP contribution in [0.1, 0.15) is 15.9 Å². The summed E-state index contributed by atoms with van der Waals surface area (Å²) < 4.78 is 6.17. The predicted molar refractivity (Wildman–Crippen MR) is 113 cm³/mol. The number of fused-ring (bicyclic) bond motifs is 2. The summed E-state index contributed by atoms with van der Waals surface area (Å²) in [7, 11) is 0. The number of carbonyl (C=O) groups excluding carboxylic acids is 2. The number of aromatic amines is 1. The number of H-pyrrole nitrogens is 1. The average molecular weight is 426 g/mol. The fraction of sp³-hybridized carbons (Fsp3) is 0.286. The van der Waals surface area contributed by atoms with Crippen LogP contribution in [0.3, 0.4) is 0 Å². The Bertz CT molecular complexity index is 1170. The summed E-state index contributed by atoms with van der Waals surface area (Å²) in [6.45, 7) is 2.89. The van der Waals surface area contributed by atoms with Crippen molar-refractivity contribution in [2.75, 3.05) is 26.2 Å². The van der Waals surface area contributed by atoms with E-state index in [0.717, 1.165) is 24.2 Å². The molecule has 1 aromatic carbocycles. The van der Waals surface area contributed by atoms with Gasteiger partial charge in [-0.25, -0.2) is 4.98 Å². The van der Waals surface area contributed by atoms with Gasteiger partial charge in [-0.05, 0) is 23.8 Å². The summed E-state index contributed by atoms with van der Waals surface area (Å²) in [5.41, 5.74) is 8.75. The SMILES string of the molecule is NC(=O)c1c[nH]c2nccc(-c3cc(Cl)cc4c3O[C@H](C(=O)N3CCNCC3)C4)c12. The average Bonchev–Trinajstić information content (AvgIpc) is 3.37. The Morgan fingerprint density at radius 1 is 1.23 bits per heavy atom. The van der Waals surface area contributed by atoms with Gasteiger partial charge in [-0.1, -0.05) is 11.6 Å². The molecule has 0 radical (unpaired) electrons. The highest BCUT2D eigenvalue weighted by atomic mass is 35.5. The number of nitrogens with zero attached hydrogens (tertiary/aromatic N) is 2. The molecule has 0 unspecified atom stereocenters. The van der Waals surface area contributed by atoms with E-state index in [1.165, 1.54) is 0 Å². The van der Waals surface area contributed by atoms with Gasteiger partial charge in [0.15, 0.2) is 6.10 Å². The number of piperazine rings is 1. The molecule has 3 aromatic rings. The molecule has 0 aliphatic carbocycles. The van der Waals surface area contributed by atoms with E-state index in [1.54, 1.807) is 24.5 Å². The molecule has 9 heteroatoms. The molecular formula is C21H20ClN5O3. The zero-order chi connectivity index (χ0) is 20.8. The van der Waals surface area contributed by atoms with Gasteiger partial charge in [0.05, 0.1) is 5.56 Å². The van der Waals surface area contributed by atoms with Crippen LogP contribution in [0.25, 0.3) is 22.2 Å². The summed E-state index contributed by atoms with van der Waals surface area (Å²) in [5, 5.41) is 4.38. The largest absolute Gasteiger partial charge is 0.479 e. The molecule has 0 saturated carbocycles. The van der Waals surface area contributed by atoms with Crippen molar-refractivity contribution in [1.82, 2.24) is 20.2 Å². The number of nitrogens with one attached hydrogen (secondary N) is 2. The maximum Gasteiger partial charge on any atom is 0.264 e. The zero-order valence-electron chi connectivity index (χ0n) is 16.1. The van der Waals surface area contributed by atoms with E-state index in [-0.39, 0.29) is 5.91 Å². The second-order valence-electron chi connectivity index (χ2n) is 7.48. The summed E-state index contributed by atoms with van der Waals surface area (Å²) in [5.74, 6) is 0.0352. The van der Waals surface area contributed by atoms with Gasteiger partial charge in [0.1, 0.15) is 11.4 Å². The van der Waals surface area contributed by atoms with E-state index in [1.807, 2.05) is 11.0 Å². The van der Waals surface area contributed by atoms with Crippen molar-refractivity contribution >= 4 is 34.4 Å². The molecular weight excluding hydrogens is 406 g/mol. The molecule has 5 rings (SSSR count). The number of aromatic nitrogens is 2. The number of nitrogens with two attached hydrogens (primary N) is 1. The lowest BCUT2D eigenvalue weighted by molar-refractivity contribution is -0.138. The van der Waals surface area contributed by atoms with Crippen LogP contribution in [-0.4, -0.2) is 59.0 Å². The second kappa shape index (κ2) is 7.30. The molecule has 30 heavy (non-hydrogen) atoms. The third kappa shape index (κ3) is 3.09. The van der Waals surface area contributed by atoms with Gasteiger partial charge in [-0.15, -0.1) is 0 Å². The van der Waals surface area contributed by atoms with E-state index in [0.29, 0.717) is 52.4 Å². The number of primary amides is 1. The van der Waals surface area contributed by atoms with Gasteiger partial charge in [-0.3, -0.25) is 9.59 Å². The highest BCUT2D eigenvalue weighted by Gasteiger charge is 2.35. The van der Waals surface area contributed by atoms with Crippen LogP contribution in [0, 0.1) is 0 Å². The Hall–Kier alpha value is -3.10. The summed E-state index contributed by atoms with van der Waals surface area (Å²) in [6.07, 6.45) is 3.06. The minimum atomic E-state index is -0.588. The quantitative estimate of drug-likeness (QED) is 0.591. The van der Waals surface area contributed by atoms with Crippen molar-refractivity contribution in [2.45, 2.75) is 12.5 Å². The summed E-state index contributed by atoms with van der Waals surface area (Å²) in [4.78, 5) is 34.0. The van der Waals surface area contributed by atoms with E-state index >= 15 is 0 Å². The molecule has 1 saturated heterocycles. The zero-order valence-corrected chi connectivity index (χ0v) is 16.8. The van der Waals surface area contributed by atoms with Gasteiger partial charge in [0.25, 0.3) is 11.8 Å². The lowest BCUT2D eigenvalue weighted by atomic mass is 9.97. The third-order valence-electron chi connectivity index (χ3n) is 5.63. The topological polar surface area (TPSA) is 113 Å². The van der Waals surface area contributed by atoms with Crippen molar-refractivity contribution in [3.63, 3.8) is 0 Å². The minimum absolute atomic E-state index is 0.0193. The first kappa shape index (κ1) is 18.9. The van der Waals surface area contributed by atoms with Crippen LogP contribution in [0.2, 0.25) is 5.02 Å². The number of hydrogen-bond acceptors (Lipinski definition) is 5. The summed E-state index contributed by atoms with van der Waals surface area (Å²) in [6, 6.07) is 5.41. The Balaban J connectivity index is 1.58. The van der Waals surface area contributed by atoms with Crippen molar-refractivity contribution in [2.24, 2.45) is 5.73 Å². The van der Waals surface area contributed by atoms with E-state index in [4.69, 9.17) is 22.1 Å². The maximum atomic E-state index is 13.0. The molecule has 2 aliphatic rings. The standard InChI is InChI=1S/C21H20ClN5O3/c22-12-7-11-8-16(21(29)27-5-3-24-4-6-27)30-18(11)14(9-12)13-1-2-25-20-17(13)15(10-26-20)19(23)28/h1-2,7,9-10,16,24H,3-6,8H2,(H2,23,28)(H,25,26)/t16-/m0/s1. The normalized spacial score (nSPS) is 18.3. The molecule has 2 aliphatic heterocycles. The van der Waals surface area contributed by atoms with Gasteiger partial charge < -0.3 is 25.7 Å². The predicted octanol–water partition coefficient (Wildman–Crippen LogP) is 1.72. The van der Waals surface area contributed by atoms with Gasteiger partial charge >= 0.3 is 0 Å². The summed E-state index contributed by atoms with van der Waals surface area (Å²) >= 11 is 6.41. The molecule has 0 bridgehead atoms. The molecule has 2 aromatic heterocycles. The molecule has 2 amide bonds. The molecule has 0 spiro atoms. The van der Waals surface area contributed by atoms with Gasteiger partial charge in [-0.2, -0.15) is 0 Å². The Morgan fingerprint density at radius 3 is 2.80 bits per heavy atom. The Kier molecular flexibility index (Phi) is 4.60. The first-order valence-electron chi connectivity index (χ1n) is 9.78. The number of hydrogen-bond donors (Lipinski definition) is 3. The van der Waals surface area contributed by atoms with E-state index in [9.17, 15) is 9.59 Å². The lowest BCUT2D eigenvalue weighted by Crippen LogP contribution is -2.50. The number of carbonyl (C=O) groups is 2. The first-order valence-corrected chi connectivity index (χ1v) is 10.2. The van der Waals surface area contributed by atoms with Crippen LogP contribution in [0.5, 0.6) is 5.75 Å². The number of benzene rings is 1. The van der Waals surface area contributed by atoms with Crippen LogP contribution < -0.4 is 15.8 Å². The van der Waals surface area contributed by atoms with Gasteiger partial charge in [0.2, 0.25) is 0 Å². The minimum Gasteiger partial charge on any atom is -0.479 e. The Labute approximate surface area is 177 Å². The van der Waals surface area contributed by atoms with Crippen molar-refractivity contribution < 1.29 is 14.3 Å². The lowest BCUT2D eigenvalue weighted by Gasteiger charge is -2.29. The number of pyridine rings is 1. The molecule has 154 valence electrons. The highest BCUT2D eigenvalue weighted by molar-refractivity contribution is 6.31. The van der Waals surface area contributed by atoms with Crippen LogP contribution in [0.4, 0.5) is 0 Å². The molecule has 1 fully saturated rings. The van der Waals surface area contributed by atoms with Crippen molar-refractivity contribution in [3.05, 3.63) is 46.7 Å². The highest BCUT2D eigenvalue weighted by Crippen LogP contribution is 2.43. The number of amides is 2. The van der Waals surface area contributed by atoms with E-state index in [2.05, 4.69) is 15.3 Å². The number of halogens is 1. The van der Waals surface area contributed by atoms with Crippen molar-refractivity contribution in [3.8, 4) is 16.9 Å². The monoisotopic (exact) mass is 425 g/mol. The second-order valence-corrected chi connectivity index (χ2v) is 7.91. The van der Waals surface area contributed by atoms with Crippen LogP contribution >= 0.6 is 11.6 Å².